The summed E-state index contributed by atoms with van der Waals surface area (Å²) in [6, 6.07) is 5.56. The van der Waals surface area contributed by atoms with Gasteiger partial charge in [-0.3, -0.25) is 0 Å². The minimum absolute atomic E-state index is 0.202. The Balaban J connectivity index is 3.06. The van der Waals surface area contributed by atoms with Gasteiger partial charge in [0.25, 0.3) is 0 Å². The molecule has 1 rings (SSSR count). The SMILES string of the molecule is [CH2]CCN(C)c1ccccc1C(F)(F)F. The molecule has 0 heterocycles. The summed E-state index contributed by atoms with van der Waals surface area (Å²) in [7, 11) is 1.63. The summed E-state index contributed by atoms with van der Waals surface area (Å²) in [5.41, 5.74) is -0.394. The van der Waals surface area contributed by atoms with Gasteiger partial charge in [0, 0.05) is 19.3 Å². The molecule has 0 N–H and O–H groups in total. The molecule has 1 aromatic carbocycles. The quantitative estimate of drug-likeness (QED) is 0.748. The molecule has 0 aliphatic heterocycles. The number of halogens is 3. The maximum Gasteiger partial charge on any atom is 0.418 e. The molecule has 0 unspecified atom stereocenters. The third-order valence-corrected chi connectivity index (χ3v) is 2.11. The lowest BCUT2D eigenvalue weighted by molar-refractivity contribution is -0.137. The summed E-state index contributed by atoms with van der Waals surface area (Å²) in [6.07, 6.45) is -3.73. The topological polar surface area (TPSA) is 3.24 Å². The van der Waals surface area contributed by atoms with Gasteiger partial charge in [-0.05, 0) is 18.6 Å². The monoisotopic (exact) mass is 216 g/mol. The first-order valence-corrected chi connectivity index (χ1v) is 4.63. The third-order valence-electron chi connectivity index (χ3n) is 2.11. The normalized spacial score (nSPS) is 11.5. The van der Waals surface area contributed by atoms with Crippen molar-refractivity contribution < 1.29 is 13.2 Å². The number of hydrogen-bond donors (Lipinski definition) is 0. The second-order valence-electron chi connectivity index (χ2n) is 3.29. The van der Waals surface area contributed by atoms with E-state index < -0.39 is 11.7 Å². The maximum absolute atomic E-state index is 12.6. The van der Waals surface area contributed by atoms with E-state index in [9.17, 15) is 13.2 Å². The highest BCUT2D eigenvalue weighted by molar-refractivity contribution is 5.54. The minimum Gasteiger partial charge on any atom is -0.374 e. The van der Waals surface area contributed by atoms with Crippen molar-refractivity contribution in [3.63, 3.8) is 0 Å². The Kier molecular flexibility index (Phi) is 3.61. The molecule has 15 heavy (non-hydrogen) atoms. The molecule has 1 aromatic rings. The fourth-order valence-electron chi connectivity index (χ4n) is 1.40. The highest BCUT2D eigenvalue weighted by Crippen LogP contribution is 2.35. The van der Waals surface area contributed by atoms with E-state index in [2.05, 4.69) is 6.92 Å². The van der Waals surface area contributed by atoms with Crippen LogP contribution in [-0.2, 0) is 6.18 Å². The van der Waals surface area contributed by atoms with Crippen LogP contribution in [0.15, 0.2) is 24.3 Å². The van der Waals surface area contributed by atoms with Gasteiger partial charge in [0.15, 0.2) is 0 Å². The molecular formula is C11H13F3N. The Morgan fingerprint density at radius 2 is 1.87 bits per heavy atom. The van der Waals surface area contributed by atoms with E-state index >= 15 is 0 Å². The molecule has 0 aromatic heterocycles. The fraction of sp³-hybridized carbons (Fsp3) is 0.364. The van der Waals surface area contributed by atoms with Crippen LogP contribution in [-0.4, -0.2) is 13.6 Å². The van der Waals surface area contributed by atoms with Gasteiger partial charge in [0.05, 0.1) is 5.56 Å². The van der Waals surface area contributed by atoms with Crippen molar-refractivity contribution in [3.05, 3.63) is 36.8 Å². The van der Waals surface area contributed by atoms with Crippen molar-refractivity contribution in [1.82, 2.24) is 0 Å². The second-order valence-corrected chi connectivity index (χ2v) is 3.29. The third kappa shape index (κ3) is 2.88. The van der Waals surface area contributed by atoms with Crippen molar-refractivity contribution in [1.29, 1.82) is 0 Å². The Morgan fingerprint density at radius 3 is 2.40 bits per heavy atom. The average Bonchev–Trinajstić information content (AvgIpc) is 2.17. The number of anilines is 1. The van der Waals surface area contributed by atoms with E-state index in [1.54, 1.807) is 18.0 Å². The van der Waals surface area contributed by atoms with Crippen molar-refractivity contribution in [3.8, 4) is 0 Å². The van der Waals surface area contributed by atoms with E-state index in [4.69, 9.17) is 0 Å². The van der Waals surface area contributed by atoms with E-state index in [-0.39, 0.29) is 5.69 Å². The molecule has 83 valence electrons. The van der Waals surface area contributed by atoms with Crippen LogP contribution in [0.1, 0.15) is 12.0 Å². The highest BCUT2D eigenvalue weighted by Gasteiger charge is 2.33. The lowest BCUT2D eigenvalue weighted by Crippen LogP contribution is -2.21. The first-order valence-electron chi connectivity index (χ1n) is 4.63. The first-order chi connectivity index (χ1) is 6.96. The minimum atomic E-state index is -4.30. The Hall–Kier alpha value is -1.19. The van der Waals surface area contributed by atoms with Gasteiger partial charge in [-0.15, -0.1) is 0 Å². The van der Waals surface area contributed by atoms with Crippen LogP contribution in [0.2, 0.25) is 0 Å². The van der Waals surface area contributed by atoms with Crippen LogP contribution in [0.5, 0.6) is 0 Å². The van der Waals surface area contributed by atoms with Gasteiger partial charge in [0.1, 0.15) is 0 Å². The lowest BCUT2D eigenvalue weighted by Gasteiger charge is -2.22. The number of rotatable bonds is 3. The zero-order chi connectivity index (χ0) is 11.5. The van der Waals surface area contributed by atoms with Crippen molar-refractivity contribution in [2.24, 2.45) is 0 Å². The summed E-state index contributed by atoms with van der Waals surface area (Å²) in [6.45, 7) is 4.13. The van der Waals surface area contributed by atoms with Crippen LogP contribution >= 0.6 is 0 Å². The standard InChI is InChI=1S/C11H13F3N/c1-3-8-15(2)10-7-5-4-6-9(10)11(12,13)14/h4-7H,1,3,8H2,2H3. The number of benzene rings is 1. The molecule has 0 atom stereocenters. The molecule has 1 nitrogen and oxygen atoms in total. The van der Waals surface area contributed by atoms with Crippen LogP contribution in [0.4, 0.5) is 18.9 Å². The predicted molar refractivity (Wildman–Crippen MR) is 54.7 cm³/mol. The Labute approximate surface area is 87.5 Å². The van der Waals surface area contributed by atoms with Gasteiger partial charge < -0.3 is 4.90 Å². The molecule has 1 radical (unpaired) electrons. The molecule has 0 spiro atoms. The van der Waals surface area contributed by atoms with Crippen LogP contribution < -0.4 is 4.90 Å². The van der Waals surface area contributed by atoms with Crippen LogP contribution in [0.3, 0.4) is 0 Å². The Bertz CT molecular complexity index is 320. The molecule has 0 saturated heterocycles. The summed E-state index contributed by atoms with van der Waals surface area (Å²) in [4.78, 5) is 1.57. The summed E-state index contributed by atoms with van der Waals surface area (Å²) < 4.78 is 37.8. The average molecular weight is 216 g/mol. The largest absolute Gasteiger partial charge is 0.418 e. The predicted octanol–water partition coefficient (Wildman–Crippen LogP) is 3.37. The van der Waals surface area contributed by atoms with Crippen LogP contribution in [0, 0.1) is 6.92 Å². The molecule has 4 heteroatoms. The molecule has 0 amide bonds. The molecule has 0 bridgehead atoms. The van der Waals surface area contributed by atoms with E-state index in [0.29, 0.717) is 13.0 Å². The van der Waals surface area contributed by atoms with Gasteiger partial charge in [0.2, 0.25) is 0 Å². The molecule has 0 aliphatic carbocycles. The van der Waals surface area contributed by atoms with Crippen molar-refractivity contribution in [2.45, 2.75) is 12.6 Å². The number of alkyl halides is 3. The fourth-order valence-corrected chi connectivity index (χ4v) is 1.40. The molecule has 0 aliphatic rings. The highest BCUT2D eigenvalue weighted by atomic mass is 19.4. The summed E-state index contributed by atoms with van der Waals surface area (Å²) >= 11 is 0. The number of hydrogen-bond acceptors (Lipinski definition) is 1. The summed E-state index contributed by atoms with van der Waals surface area (Å²) in [5, 5.41) is 0. The van der Waals surface area contributed by atoms with Crippen LogP contribution in [0.25, 0.3) is 0 Å². The number of nitrogens with zero attached hydrogens (tertiary/aromatic N) is 1. The smallest absolute Gasteiger partial charge is 0.374 e. The van der Waals surface area contributed by atoms with Crippen molar-refractivity contribution in [2.75, 3.05) is 18.5 Å². The van der Waals surface area contributed by atoms with E-state index in [1.807, 2.05) is 0 Å². The maximum atomic E-state index is 12.6. The van der Waals surface area contributed by atoms with Gasteiger partial charge in [-0.2, -0.15) is 13.2 Å². The lowest BCUT2D eigenvalue weighted by atomic mass is 10.1. The Morgan fingerprint density at radius 1 is 1.27 bits per heavy atom. The number of para-hydroxylation sites is 1. The van der Waals surface area contributed by atoms with Gasteiger partial charge in [-0.25, -0.2) is 0 Å². The second kappa shape index (κ2) is 4.55. The van der Waals surface area contributed by atoms with E-state index in [1.165, 1.54) is 12.1 Å². The zero-order valence-corrected chi connectivity index (χ0v) is 8.51. The van der Waals surface area contributed by atoms with Gasteiger partial charge >= 0.3 is 6.18 Å². The molecule has 0 fully saturated rings. The molecule has 0 saturated carbocycles. The van der Waals surface area contributed by atoms with Gasteiger partial charge in [-0.1, -0.05) is 19.1 Å². The molecular weight excluding hydrogens is 203 g/mol. The van der Waals surface area contributed by atoms with E-state index in [0.717, 1.165) is 6.07 Å². The zero-order valence-electron chi connectivity index (χ0n) is 8.51. The first kappa shape index (κ1) is 11.9. The summed E-state index contributed by atoms with van der Waals surface area (Å²) in [5.74, 6) is 0. The van der Waals surface area contributed by atoms with Crippen molar-refractivity contribution >= 4 is 5.69 Å².